The third kappa shape index (κ3) is 4.10. The van der Waals surface area contributed by atoms with E-state index in [1.165, 1.54) is 4.31 Å². The molecule has 1 aromatic heterocycles. The van der Waals surface area contributed by atoms with Crippen LogP contribution in [0.5, 0.6) is 0 Å². The van der Waals surface area contributed by atoms with Crippen molar-refractivity contribution in [1.82, 2.24) is 19.2 Å². The molecule has 98 valence electrons. The lowest BCUT2D eigenvalue weighted by Gasteiger charge is -2.16. The molecule has 0 aliphatic carbocycles. The molecule has 0 saturated carbocycles. The zero-order valence-electron chi connectivity index (χ0n) is 10.5. The lowest BCUT2D eigenvalue weighted by molar-refractivity contribution is 0.449. The topological polar surface area (TPSA) is 67.2 Å². The predicted molar refractivity (Wildman–Crippen MR) is 67.0 cm³/mol. The van der Waals surface area contributed by atoms with Gasteiger partial charge < -0.3 is 9.88 Å². The Hall–Kier alpha value is -0.920. The Morgan fingerprint density at radius 2 is 2.24 bits per heavy atom. The molecule has 7 heteroatoms. The van der Waals surface area contributed by atoms with E-state index in [2.05, 4.69) is 10.3 Å². The number of sulfonamides is 1. The third-order valence-corrected chi connectivity index (χ3v) is 4.47. The van der Waals surface area contributed by atoms with Gasteiger partial charge in [-0.25, -0.2) is 13.4 Å². The number of aryl methyl sites for hydroxylation is 1. The molecule has 6 nitrogen and oxygen atoms in total. The van der Waals surface area contributed by atoms with Gasteiger partial charge in [0.05, 0.1) is 12.3 Å². The second kappa shape index (κ2) is 6.13. The SMILES string of the molecule is CNCCCS(=O)(=O)N(C)Cc1nccn1C. The maximum Gasteiger partial charge on any atom is 0.214 e. The van der Waals surface area contributed by atoms with E-state index in [9.17, 15) is 8.42 Å². The van der Waals surface area contributed by atoms with Gasteiger partial charge in [-0.15, -0.1) is 0 Å². The van der Waals surface area contributed by atoms with Crippen molar-refractivity contribution in [3.05, 3.63) is 18.2 Å². The normalized spacial score (nSPS) is 12.2. The summed E-state index contributed by atoms with van der Waals surface area (Å²) < 4.78 is 27.0. The Bertz CT molecular complexity index is 441. The number of hydrogen-bond donors (Lipinski definition) is 1. The number of hydrogen-bond acceptors (Lipinski definition) is 4. The molecule has 0 spiro atoms. The van der Waals surface area contributed by atoms with Crippen LogP contribution in [0.4, 0.5) is 0 Å². The van der Waals surface area contributed by atoms with Gasteiger partial charge in [0.15, 0.2) is 0 Å². The quantitative estimate of drug-likeness (QED) is 0.689. The van der Waals surface area contributed by atoms with Crippen LogP contribution in [-0.4, -0.2) is 48.7 Å². The fourth-order valence-electron chi connectivity index (χ4n) is 1.43. The van der Waals surface area contributed by atoms with Crippen LogP contribution in [0.3, 0.4) is 0 Å². The zero-order valence-corrected chi connectivity index (χ0v) is 11.4. The van der Waals surface area contributed by atoms with Gasteiger partial charge in [0.1, 0.15) is 5.82 Å². The Morgan fingerprint density at radius 1 is 1.53 bits per heavy atom. The molecule has 0 bridgehead atoms. The standard InChI is InChI=1S/C10H20N4O2S/c1-11-5-4-8-17(15,16)14(3)9-10-12-6-7-13(10)2/h6-7,11H,4-5,8-9H2,1-3H3. The van der Waals surface area contributed by atoms with E-state index in [0.29, 0.717) is 19.5 Å². The second-order valence-corrected chi connectivity index (χ2v) is 6.18. The molecular formula is C10H20N4O2S. The molecule has 0 atom stereocenters. The van der Waals surface area contributed by atoms with Gasteiger partial charge in [0.2, 0.25) is 10.0 Å². The highest BCUT2D eigenvalue weighted by molar-refractivity contribution is 7.89. The predicted octanol–water partition coefficient (Wildman–Crippen LogP) is -0.209. The first-order valence-electron chi connectivity index (χ1n) is 5.52. The number of imidazole rings is 1. The minimum Gasteiger partial charge on any atom is -0.337 e. The molecule has 0 amide bonds. The van der Waals surface area contributed by atoms with E-state index >= 15 is 0 Å². The van der Waals surface area contributed by atoms with E-state index in [-0.39, 0.29) is 5.75 Å². The maximum atomic E-state index is 11.9. The van der Waals surface area contributed by atoms with E-state index in [0.717, 1.165) is 5.82 Å². The van der Waals surface area contributed by atoms with E-state index in [4.69, 9.17) is 0 Å². The molecule has 0 radical (unpaired) electrons. The van der Waals surface area contributed by atoms with Crippen molar-refractivity contribution >= 4 is 10.0 Å². The average Bonchev–Trinajstić information content (AvgIpc) is 2.64. The van der Waals surface area contributed by atoms with Crippen LogP contribution in [0.2, 0.25) is 0 Å². The molecular weight excluding hydrogens is 240 g/mol. The third-order valence-electron chi connectivity index (χ3n) is 2.59. The molecule has 17 heavy (non-hydrogen) atoms. The van der Waals surface area contributed by atoms with Gasteiger partial charge in [0.25, 0.3) is 0 Å². The lowest BCUT2D eigenvalue weighted by Crippen LogP contribution is -2.30. The summed E-state index contributed by atoms with van der Waals surface area (Å²) in [6, 6.07) is 0. The van der Waals surface area contributed by atoms with Gasteiger partial charge in [0, 0.05) is 26.5 Å². The summed E-state index contributed by atoms with van der Waals surface area (Å²) in [5.74, 6) is 0.902. The van der Waals surface area contributed by atoms with Gasteiger partial charge >= 0.3 is 0 Å². The second-order valence-electron chi connectivity index (χ2n) is 3.98. The Balaban J connectivity index is 2.57. The molecule has 0 aliphatic rings. The van der Waals surface area contributed by atoms with Crippen molar-refractivity contribution in [3.63, 3.8) is 0 Å². The van der Waals surface area contributed by atoms with Crippen molar-refractivity contribution in [2.45, 2.75) is 13.0 Å². The highest BCUT2D eigenvalue weighted by Crippen LogP contribution is 2.06. The first-order valence-corrected chi connectivity index (χ1v) is 7.13. The van der Waals surface area contributed by atoms with Crippen LogP contribution in [0.15, 0.2) is 12.4 Å². The van der Waals surface area contributed by atoms with Gasteiger partial charge in [-0.2, -0.15) is 4.31 Å². The van der Waals surface area contributed by atoms with E-state index in [1.54, 1.807) is 19.4 Å². The minimum atomic E-state index is -3.19. The summed E-state index contributed by atoms with van der Waals surface area (Å²) in [4.78, 5) is 4.11. The lowest BCUT2D eigenvalue weighted by atomic mass is 10.5. The summed E-state index contributed by atoms with van der Waals surface area (Å²) >= 11 is 0. The molecule has 0 aromatic carbocycles. The Kier molecular flexibility index (Phi) is 5.10. The molecule has 0 unspecified atom stereocenters. The minimum absolute atomic E-state index is 0.161. The van der Waals surface area contributed by atoms with Gasteiger partial charge in [-0.05, 0) is 20.0 Å². The Labute approximate surface area is 103 Å². The highest BCUT2D eigenvalue weighted by atomic mass is 32.2. The molecule has 1 heterocycles. The largest absolute Gasteiger partial charge is 0.337 e. The Morgan fingerprint density at radius 3 is 2.76 bits per heavy atom. The van der Waals surface area contributed by atoms with Gasteiger partial charge in [-0.1, -0.05) is 0 Å². The van der Waals surface area contributed by atoms with E-state index in [1.807, 2.05) is 18.7 Å². The van der Waals surface area contributed by atoms with Crippen molar-refractivity contribution in [3.8, 4) is 0 Å². The van der Waals surface area contributed by atoms with Crippen molar-refractivity contribution in [1.29, 1.82) is 0 Å². The summed E-state index contributed by atoms with van der Waals surface area (Å²) in [5.41, 5.74) is 0. The number of nitrogens with zero attached hydrogens (tertiary/aromatic N) is 3. The fraction of sp³-hybridized carbons (Fsp3) is 0.700. The van der Waals surface area contributed by atoms with Crippen LogP contribution in [-0.2, 0) is 23.6 Å². The summed E-state index contributed by atoms with van der Waals surface area (Å²) in [5, 5.41) is 2.93. The summed E-state index contributed by atoms with van der Waals surface area (Å²) in [7, 11) is 2.06. The van der Waals surface area contributed by atoms with Crippen LogP contribution in [0.25, 0.3) is 0 Å². The van der Waals surface area contributed by atoms with Crippen LogP contribution in [0.1, 0.15) is 12.2 Å². The van der Waals surface area contributed by atoms with Crippen molar-refractivity contribution in [2.24, 2.45) is 7.05 Å². The molecule has 1 aromatic rings. The first-order chi connectivity index (χ1) is 7.97. The number of aromatic nitrogens is 2. The highest BCUT2D eigenvalue weighted by Gasteiger charge is 2.18. The van der Waals surface area contributed by atoms with Gasteiger partial charge in [-0.3, -0.25) is 0 Å². The molecule has 0 aliphatic heterocycles. The molecule has 1 N–H and O–H groups in total. The van der Waals surface area contributed by atoms with Crippen LogP contribution in [0, 0.1) is 0 Å². The van der Waals surface area contributed by atoms with Crippen molar-refractivity contribution < 1.29 is 8.42 Å². The summed E-state index contributed by atoms with van der Waals surface area (Å²) in [6.45, 7) is 1.01. The fourth-order valence-corrected chi connectivity index (χ4v) is 2.57. The molecule has 1 rings (SSSR count). The van der Waals surface area contributed by atoms with Crippen LogP contribution >= 0.6 is 0 Å². The van der Waals surface area contributed by atoms with Crippen LogP contribution < -0.4 is 5.32 Å². The van der Waals surface area contributed by atoms with E-state index < -0.39 is 10.0 Å². The smallest absolute Gasteiger partial charge is 0.214 e. The molecule has 0 saturated heterocycles. The first kappa shape index (κ1) is 14.1. The number of nitrogens with one attached hydrogen (secondary N) is 1. The average molecular weight is 260 g/mol. The molecule has 0 fully saturated rings. The van der Waals surface area contributed by atoms with Crippen molar-refractivity contribution in [2.75, 3.05) is 26.4 Å². The summed E-state index contributed by atoms with van der Waals surface area (Å²) in [6.07, 6.45) is 4.08. The maximum absolute atomic E-state index is 11.9. The monoisotopic (exact) mass is 260 g/mol. The zero-order chi connectivity index (χ0) is 12.9. The number of rotatable bonds is 7.